The molecule has 0 unspecified atom stereocenters. The van der Waals surface area contributed by atoms with E-state index in [1.54, 1.807) is 0 Å². The lowest BCUT2D eigenvalue weighted by Crippen LogP contribution is -2.40. The number of hydrogen-bond acceptors (Lipinski definition) is 4. The molecule has 0 bridgehead atoms. The maximum absolute atomic E-state index is 6.23. The Morgan fingerprint density at radius 2 is 2.10 bits per heavy atom. The van der Waals surface area contributed by atoms with Crippen molar-refractivity contribution in [2.75, 3.05) is 18.0 Å². The van der Waals surface area contributed by atoms with Crippen molar-refractivity contribution in [1.29, 1.82) is 0 Å². The van der Waals surface area contributed by atoms with Gasteiger partial charge in [0.25, 0.3) is 0 Å². The number of nitrogens with two attached hydrogens (primary N) is 1. The molecule has 3 rings (SSSR count). The number of anilines is 1. The maximum Gasteiger partial charge on any atom is 0.245 e. The van der Waals surface area contributed by atoms with E-state index in [-0.39, 0.29) is 0 Å². The van der Waals surface area contributed by atoms with Gasteiger partial charge < -0.3 is 10.6 Å². The summed E-state index contributed by atoms with van der Waals surface area (Å²) in [4.78, 5) is 6.69. The molecule has 1 aliphatic rings. The lowest BCUT2D eigenvalue weighted by molar-refractivity contribution is 0.496. The fourth-order valence-corrected chi connectivity index (χ4v) is 3.06. The molecule has 2 aromatic rings. The number of rotatable bonds is 2. The highest BCUT2D eigenvalue weighted by atomic mass is 79.9. The van der Waals surface area contributed by atoms with Crippen molar-refractivity contribution in [3.63, 3.8) is 0 Å². The molecular formula is C13H15BrClN5. The number of aromatic amines is 1. The molecule has 0 aliphatic carbocycles. The number of nitrogens with one attached hydrogen (secondary N) is 1. The zero-order valence-electron chi connectivity index (χ0n) is 10.8. The van der Waals surface area contributed by atoms with Gasteiger partial charge in [0.05, 0.1) is 5.02 Å². The highest BCUT2D eigenvalue weighted by Gasteiger charge is 2.20. The molecule has 1 aromatic carbocycles. The Balaban J connectivity index is 1.83. The summed E-state index contributed by atoms with van der Waals surface area (Å²) in [5, 5.41) is 7.88. The molecule has 2 heterocycles. The van der Waals surface area contributed by atoms with E-state index in [1.807, 2.05) is 18.2 Å². The van der Waals surface area contributed by atoms with Crippen molar-refractivity contribution in [3.8, 4) is 11.4 Å². The predicted octanol–water partition coefficient (Wildman–Crippen LogP) is 2.82. The maximum atomic E-state index is 6.23. The Hall–Kier alpha value is -1.11. The van der Waals surface area contributed by atoms with Gasteiger partial charge in [-0.15, -0.1) is 5.10 Å². The van der Waals surface area contributed by atoms with E-state index in [4.69, 9.17) is 17.3 Å². The number of piperidine rings is 1. The lowest BCUT2D eigenvalue weighted by Gasteiger charge is -2.28. The third-order valence-corrected chi connectivity index (χ3v) is 4.29. The van der Waals surface area contributed by atoms with E-state index in [0.29, 0.717) is 22.8 Å². The first kappa shape index (κ1) is 13.9. The van der Waals surface area contributed by atoms with Crippen LogP contribution in [0.25, 0.3) is 11.4 Å². The van der Waals surface area contributed by atoms with Gasteiger partial charge in [-0.1, -0.05) is 27.5 Å². The predicted molar refractivity (Wildman–Crippen MR) is 84.0 cm³/mol. The molecule has 1 saturated heterocycles. The minimum atomic E-state index is 0.297. The van der Waals surface area contributed by atoms with Crippen LogP contribution < -0.4 is 10.6 Å². The molecule has 106 valence electrons. The third kappa shape index (κ3) is 2.82. The number of H-pyrrole nitrogens is 1. The van der Waals surface area contributed by atoms with Gasteiger partial charge in [0, 0.05) is 29.2 Å². The summed E-state index contributed by atoms with van der Waals surface area (Å²) in [7, 11) is 0. The van der Waals surface area contributed by atoms with Crippen molar-refractivity contribution >= 4 is 33.5 Å². The van der Waals surface area contributed by atoms with Crippen LogP contribution in [0.4, 0.5) is 5.95 Å². The molecule has 20 heavy (non-hydrogen) atoms. The van der Waals surface area contributed by atoms with Crippen LogP contribution in [-0.4, -0.2) is 34.3 Å². The van der Waals surface area contributed by atoms with Crippen LogP contribution in [0.15, 0.2) is 22.7 Å². The average Bonchev–Trinajstić information content (AvgIpc) is 2.89. The van der Waals surface area contributed by atoms with E-state index in [0.717, 1.165) is 36.0 Å². The Bertz CT molecular complexity index is 607. The van der Waals surface area contributed by atoms with E-state index in [2.05, 4.69) is 36.0 Å². The summed E-state index contributed by atoms with van der Waals surface area (Å²) in [6, 6.07) is 6.00. The molecular weight excluding hydrogens is 342 g/mol. The summed E-state index contributed by atoms with van der Waals surface area (Å²) in [6.45, 7) is 1.79. The molecule has 0 spiro atoms. The van der Waals surface area contributed by atoms with Gasteiger partial charge >= 0.3 is 0 Å². The smallest absolute Gasteiger partial charge is 0.245 e. The number of benzene rings is 1. The van der Waals surface area contributed by atoms with E-state index in [1.165, 1.54) is 0 Å². The fraction of sp³-hybridized carbons (Fsp3) is 0.385. The first-order chi connectivity index (χ1) is 9.63. The standard InChI is InChI=1S/C13H15BrClN5/c14-8-1-2-10(11(15)7-8)12-17-13(19-18-12)20-5-3-9(16)4-6-20/h1-2,7,9H,3-6,16H2,(H,17,18,19). The van der Waals surface area contributed by atoms with Crippen LogP contribution in [0.1, 0.15) is 12.8 Å². The van der Waals surface area contributed by atoms with Crippen molar-refractivity contribution in [1.82, 2.24) is 15.2 Å². The molecule has 1 aliphatic heterocycles. The molecule has 0 saturated carbocycles. The fourth-order valence-electron chi connectivity index (χ4n) is 2.30. The zero-order chi connectivity index (χ0) is 14.1. The molecule has 1 fully saturated rings. The van der Waals surface area contributed by atoms with Gasteiger partial charge in [0.1, 0.15) is 0 Å². The monoisotopic (exact) mass is 355 g/mol. The Morgan fingerprint density at radius 1 is 1.35 bits per heavy atom. The minimum absolute atomic E-state index is 0.297. The van der Waals surface area contributed by atoms with Gasteiger partial charge in [-0.2, -0.15) is 4.98 Å². The lowest BCUT2D eigenvalue weighted by atomic mass is 10.1. The van der Waals surface area contributed by atoms with E-state index < -0.39 is 0 Å². The largest absolute Gasteiger partial charge is 0.339 e. The molecule has 5 nitrogen and oxygen atoms in total. The third-order valence-electron chi connectivity index (χ3n) is 3.48. The Morgan fingerprint density at radius 3 is 2.80 bits per heavy atom. The molecule has 0 atom stereocenters. The van der Waals surface area contributed by atoms with Gasteiger partial charge in [-0.05, 0) is 31.0 Å². The van der Waals surface area contributed by atoms with Gasteiger partial charge in [-0.3, -0.25) is 5.10 Å². The van der Waals surface area contributed by atoms with Crippen LogP contribution in [-0.2, 0) is 0 Å². The first-order valence-corrected chi connectivity index (χ1v) is 7.69. The minimum Gasteiger partial charge on any atom is -0.339 e. The van der Waals surface area contributed by atoms with Crippen LogP contribution >= 0.6 is 27.5 Å². The Labute approximate surface area is 130 Å². The van der Waals surface area contributed by atoms with Gasteiger partial charge in [-0.25, -0.2) is 0 Å². The van der Waals surface area contributed by atoms with Crippen molar-refractivity contribution in [3.05, 3.63) is 27.7 Å². The summed E-state index contributed by atoms with van der Waals surface area (Å²) in [6.07, 6.45) is 1.95. The van der Waals surface area contributed by atoms with Crippen molar-refractivity contribution < 1.29 is 0 Å². The van der Waals surface area contributed by atoms with E-state index in [9.17, 15) is 0 Å². The number of nitrogens with zero attached hydrogens (tertiary/aromatic N) is 3. The van der Waals surface area contributed by atoms with Gasteiger partial charge in [0.15, 0.2) is 5.82 Å². The summed E-state index contributed by atoms with van der Waals surface area (Å²) in [5.41, 5.74) is 6.76. The highest BCUT2D eigenvalue weighted by Crippen LogP contribution is 2.29. The molecule has 3 N–H and O–H groups in total. The van der Waals surface area contributed by atoms with Crippen LogP contribution in [0.3, 0.4) is 0 Å². The second kappa shape index (κ2) is 5.71. The SMILES string of the molecule is NC1CCN(c2n[nH]c(-c3ccc(Br)cc3Cl)n2)CC1. The summed E-state index contributed by atoms with van der Waals surface area (Å²) < 4.78 is 0.941. The average molecular weight is 357 g/mol. The van der Waals surface area contributed by atoms with Crippen LogP contribution in [0.5, 0.6) is 0 Å². The second-order valence-electron chi connectivity index (χ2n) is 4.93. The van der Waals surface area contributed by atoms with Crippen molar-refractivity contribution in [2.45, 2.75) is 18.9 Å². The topological polar surface area (TPSA) is 70.8 Å². The second-order valence-corrected chi connectivity index (χ2v) is 6.26. The normalized spacial score (nSPS) is 16.6. The highest BCUT2D eigenvalue weighted by molar-refractivity contribution is 9.10. The number of halogens is 2. The van der Waals surface area contributed by atoms with Crippen LogP contribution in [0.2, 0.25) is 5.02 Å². The van der Waals surface area contributed by atoms with E-state index >= 15 is 0 Å². The van der Waals surface area contributed by atoms with Gasteiger partial charge in [0.2, 0.25) is 5.95 Å². The quantitative estimate of drug-likeness (QED) is 0.868. The summed E-state index contributed by atoms with van der Waals surface area (Å²) in [5.74, 6) is 1.40. The zero-order valence-corrected chi connectivity index (χ0v) is 13.2. The van der Waals surface area contributed by atoms with Crippen LogP contribution in [0, 0.1) is 0 Å². The van der Waals surface area contributed by atoms with Crippen molar-refractivity contribution in [2.24, 2.45) is 5.73 Å². The number of hydrogen-bond donors (Lipinski definition) is 2. The molecule has 0 radical (unpaired) electrons. The Kier molecular flexibility index (Phi) is 3.96. The molecule has 7 heteroatoms. The molecule has 1 aromatic heterocycles. The summed E-state index contributed by atoms with van der Waals surface area (Å²) >= 11 is 9.62. The first-order valence-electron chi connectivity index (χ1n) is 6.52. The number of aromatic nitrogens is 3. The molecule has 0 amide bonds.